The minimum absolute atomic E-state index is 0.368. The molecule has 0 aliphatic carbocycles. The molecule has 3 aromatic carbocycles. The minimum Gasteiger partial charge on any atom is -0.0620 e. The molecule has 0 saturated carbocycles. The fourth-order valence-electron chi connectivity index (χ4n) is 2.43. The van der Waals surface area contributed by atoms with Crippen molar-refractivity contribution in [3.8, 4) is 0 Å². The van der Waals surface area contributed by atoms with Crippen molar-refractivity contribution in [2.75, 3.05) is 6.54 Å². The second-order valence-electron chi connectivity index (χ2n) is 5.39. The van der Waals surface area contributed by atoms with Gasteiger partial charge in [-0.25, -0.2) is 0 Å². The van der Waals surface area contributed by atoms with Crippen molar-refractivity contribution in [3.05, 3.63) is 91.0 Å². The summed E-state index contributed by atoms with van der Waals surface area (Å²) in [5.41, 5.74) is 0. The summed E-state index contributed by atoms with van der Waals surface area (Å²) >= 11 is -3.34. The Labute approximate surface area is 177 Å². The van der Waals surface area contributed by atoms with Crippen LogP contribution in [-0.2, 0) is 13.2 Å². The van der Waals surface area contributed by atoms with E-state index in [4.69, 9.17) is 33.5 Å². The summed E-state index contributed by atoms with van der Waals surface area (Å²) in [5.74, 6) is 0. The van der Waals surface area contributed by atoms with Crippen LogP contribution in [0.15, 0.2) is 91.0 Å². The molecule has 0 radical (unpaired) electrons. The maximum absolute atomic E-state index is 8.71. The average molecular weight is 625 g/mol. The Morgan fingerprint density at radius 3 is 1.19 bits per heavy atom. The standard InChI is InChI=1S/C18H15P.C2H6NO.3ClH.Pt/c1-4-10-16(11-5-1)19(17-12-6-2-7-13-17)18-14-8-3-9-15-18;1-2-3-4;;;;/h1-15H;4H,2H2,1H3;3*1H;/q;-1;;;;+3/p-2. The van der Waals surface area contributed by atoms with Crippen molar-refractivity contribution >= 4 is 52.1 Å². The molecule has 0 amide bonds. The maximum atomic E-state index is 8.71. The fourth-order valence-corrected chi connectivity index (χ4v) is 7.68. The molecule has 0 bridgehead atoms. The molecule has 27 heavy (non-hydrogen) atoms. The number of hydrogen-bond acceptors (Lipinski definition) is 2. The van der Waals surface area contributed by atoms with Gasteiger partial charge in [0.15, 0.2) is 0 Å². The largest absolute Gasteiger partial charge is 0.102 e. The predicted molar refractivity (Wildman–Crippen MR) is 118 cm³/mol. The first-order valence-corrected chi connectivity index (χ1v) is 19.2. The Balaban J connectivity index is 0.000000279. The minimum atomic E-state index is -3.34. The molecule has 3 aromatic rings. The van der Waals surface area contributed by atoms with Gasteiger partial charge in [0.1, 0.15) is 15.9 Å². The molecule has 3 rings (SSSR count). The molecule has 0 aromatic heterocycles. The van der Waals surface area contributed by atoms with Crippen molar-refractivity contribution < 1.29 is 18.4 Å². The third kappa shape index (κ3) is 7.48. The van der Waals surface area contributed by atoms with Gasteiger partial charge in [0.05, 0.1) is 7.92 Å². The van der Waals surface area contributed by atoms with Crippen LogP contribution in [0.25, 0.3) is 0 Å². The number of halogens is 3. The van der Waals surface area contributed by atoms with Crippen LogP contribution in [-0.4, -0.2) is 15.4 Å². The molecule has 0 heterocycles. The SMILES string of the molecule is CC[N](O)[Pt-]([Cl])([Cl])[Cl].c1ccc([PH+](c2ccccc2)c2ccccc2)cc1. The average Bonchev–Trinajstić information content (AvgIpc) is 2.70. The summed E-state index contributed by atoms with van der Waals surface area (Å²) in [5, 5.41) is 13.0. The second kappa shape index (κ2) is 11.5. The van der Waals surface area contributed by atoms with Gasteiger partial charge in [-0.1, -0.05) is 54.6 Å². The fraction of sp³-hybridized carbons (Fsp3) is 0.100. The predicted octanol–water partition coefficient (Wildman–Crippen LogP) is 5.40. The van der Waals surface area contributed by atoms with E-state index in [1.807, 2.05) is 0 Å². The van der Waals surface area contributed by atoms with Gasteiger partial charge in [-0.15, -0.1) is 0 Å². The van der Waals surface area contributed by atoms with E-state index in [9.17, 15) is 0 Å². The topological polar surface area (TPSA) is 23.5 Å². The molecular formula is C20H22Cl3NOPPt. The van der Waals surface area contributed by atoms with E-state index < -0.39 is 21.1 Å². The van der Waals surface area contributed by atoms with Crippen LogP contribution in [0, 0.1) is 0 Å². The van der Waals surface area contributed by atoms with Crippen LogP contribution in [0.2, 0.25) is 0 Å². The maximum Gasteiger partial charge on any atom is 0.102 e. The molecule has 7 heteroatoms. The molecular weight excluding hydrogens is 603 g/mol. The summed E-state index contributed by atoms with van der Waals surface area (Å²) in [4.78, 5) is 0. The summed E-state index contributed by atoms with van der Waals surface area (Å²) < 4.78 is 0.789. The molecule has 0 atom stereocenters. The molecule has 149 valence electrons. The van der Waals surface area contributed by atoms with Crippen LogP contribution in [0.5, 0.6) is 0 Å². The van der Waals surface area contributed by atoms with Crippen molar-refractivity contribution in [2.45, 2.75) is 6.92 Å². The number of benzene rings is 3. The van der Waals surface area contributed by atoms with Gasteiger partial charge in [-0.3, -0.25) is 0 Å². The third-order valence-electron chi connectivity index (χ3n) is 3.61. The zero-order valence-electron chi connectivity index (χ0n) is 14.7. The summed E-state index contributed by atoms with van der Waals surface area (Å²) in [6.07, 6.45) is 0. The summed E-state index contributed by atoms with van der Waals surface area (Å²) in [7, 11) is 15.2. The first kappa shape index (κ1) is 22.9. The molecule has 0 fully saturated rings. The number of nitrogens with zero attached hydrogens (tertiary/aromatic N) is 1. The Hall–Kier alpha value is -0.432. The van der Waals surface area contributed by atoms with Gasteiger partial charge in [-0.2, -0.15) is 0 Å². The Bertz CT molecular complexity index is 695. The zero-order chi connectivity index (χ0) is 19.7. The smallest absolute Gasteiger partial charge is 0.0620 e. The number of hydroxylamine groups is 1. The zero-order valence-corrected chi connectivity index (χ0v) is 20.3. The molecule has 0 spiro atoms. The van der Waals surface area contributed by atoms with Crippen LogP contribution < -0.4 is 15.9 Å². The van der Waals surface area contributed by atoms with E-state index >= 15 is 0 Å². The van der Waals surface area contributed by atoms with Crippen molar-refractivity contribution in [3.63, 3.8) is 0 Å². The van der Waals surface area contributed by atoms with Crippen LogP contribution in [0.3, 0.4) is 0 Å². The number of rotatable bonds is 5. The van der Waals surface area contributed by atoms with E-state index in [-0.39, 0.29) is 0 Å². The second-order valence-corrected chi connectivity index (χ2v) is 22.7. The van der Waals surface area contributed by atoms with Gasteiger partial charge in [0, 0.05) is 0 Å². The van der Waals surface area contributed by atoms with Crippen molar-refractivity contribution in [1.29, 1.82) is 0 Å². The molecule has 1 N–H and O–H groups in total. The van der Waals surface area contributed by atoms with E-state index in [1.165, 1.54) is 15.9 Å². The van der Waals surface area contributed by atoms with E-state index in [0.29, 0.717) is 6.54 Å². The monoisotopic (exact) mass is 623 g/mol. The summed E-state index contributed by atoms with van der Waals surface area (Å²) in [6.45, 7) is 2.08. The molecule has 0 saturated heterocycles. The van der Waals surface area contributed by atoms with Crippen LogP contribution in [0.1, 0.15) is 6.92 Å². The van der Waals surface area contributed by atoms with Gasteiger partial charge in [-0.05, 0) is 36.4 Å². The number of hydrogen-bond donors (Lipinski definition) is 1. The van der Waals surface area contributed by atoms with Crippen LogP contribution in [0.4, 0.5) is 0 Å². The van der Waals surface area contributed by atoms with Gasteiger partial charge in [0.2, 0.25) is 0 Å². The normalized spacial score (nSPS) is 11.8. The third-order valence-corrected chi connectivity index (χ3v) is 11.4. The van der Waals surface area contributed by atoms with E-state index in [2.05, 4.69) is 91.0 Å². The Kier molecular flexibility index (Phi) is 9.77. The molecule has 0 aliphatic rings. The molecule has 0 unspecified atom stereocenters. The first-order valence-electron chi connectivity index (χ1n) is 8.21. The van der Waals surface area contributed by atoms with Crippen molar-refractivity contribution in [1.82, 2.24) is 3.62 Å². The molecule has 0 aliphatic heterocycles. The van der Waals surface area contributed by atoms with Crippen LogP contribution >= 0.6 is 36.2 Å². The van der Waals surface area contributed by atoms with Gasteiger partial charge in [0.25, 0.3) is 0 Å². The van der Waals surface area contributed by atoms with Crippen molar-refractivity contribution in [2.24, 2.45) is 0 Å². The van der Waals surface area contributed by atoms with Gasteiger partial charge >= 0.3 is 63.7 Å². The van der Waals surface area contributed by atoms with Gasteiger partial charge < -0.3 is 0 Å². The first-order chi connectivity index (χ1) is 12.9. The Morgan fingerprint density at radius 1 is 0.704 bits per heavy atom. The molecule has 2 nitrogen and oxygen atoms in total. The quantitative estimate of drug-likeness (QED) is 0.304. The van der Waals surface area contributed by atoms with E-state index in [1.54, 1.807) is 6.92 Å². The summed E-state index contributed by atoms with van der Waals surface area (Å²) in [6, 6.07) is 32.5. The Morgan fingerprint density at radius 2 is 1.00 bits per heavy atom. The van der Waals surface area contributed by atoms with E-state index in [0.717, 1.165) is 3.62 Å².